The summed E-state index contributed by atoms with van der Waals surface area (Å²) >= 11 is 2.92. The van der Waals surface area contributed by atoms with Gasteiger partial charge in [0.25, 0.3) is 0 Å². The van der Waals surface area contributed by atoms with E-state index in [4.69, 9.17) is 0 Å². The van der Waals surface area contributed by atoms with Gasteiger partial charge in [-0.1, -0.05) is 29.5 Å². The molecule has 0 aliphatic carbocycles. The van der Waals surface area contributed by atoms with Gasteiger partial charge in [-0.3, -0.25) is 9.78 Å². The van der Waals surface area contributed by atoms with Gasteiger partial charge in [0, 0.05) is 23.6 Å². The molecule has 8 heteroatoms. The van der Waals surface area contributed by atoms with E-state index in [1.807, 2.05) is 62.4 Å². The summed E-state index contributed by atoms with van der Waals surface area (Å²) in [5, 5.41) is 13.1. The second-order valence-corrected chi connectivity index (χ2v) is 8.63. The van der Waals surface area contributed by atoms with Crippen molar-refractivity contribution in [1.82, 2.24) is 20.2 Å². The molecule has 0 aliphatic heterocycles. The van der Waals surface area contributed by atoms with Crippen LogP contribution in [0, 0.1) is 13.8 Å². The van der Waals surface area contributed by atoms with Gasteiger partial charge in [0.2, 0.25) is 5.91 Å². The molecule has 0 radical (unpaired) electrons. The van der Waals surface area contributed by atoms with E-state index < -0.39 is 0 Å². The third-order valence-electron chi connectivity index (χ3n) is 4.26. The van der Waals surface area contributed by atoms with Gasteiger partial charge in [0.05, 0.1) is 16.3 Å². The van der Waals surface area contributed by atoms with Crippen LogP contribution in [0.2, 0.25) is 0 Å². The second-order valence-electron chi connectivity index (χ2n) is 6.63. The quantitative estimate of drug-likeness (QED) is 0.431. The topological polar surface area (TPSA) is 80.7 Å². The molecule has 0 saturated carbocycles. The van der Waals surface area contributed by atoms with Gasteiger partial charge >= 0.3 is 0 Å². The Morgan fingerprint density at radius 3 is 2.60 bits per heavy atom. The number of hydrogen-bond acceptors (Lipinski definition) is 7. The number of benzene rings is 1. The number of aromatic nitrogens is 4. The fourth-order valence-corrected chi connectivity index (χ4v) is 4.37. The van der Waals surface area contributed by atoms with Crippen molar-refractivity contribution in [1.29, 1.82) is 0 Å². The molecule has 3 aromatic heterocycles. The van der Waals surface area contributed by atoms with E-state index in [-0.39, 0.29) is 11.7 Å². The number of pyridine rings is 1. The van der Waals surface area contributed by atoms with E-state index in [0.29, 0.717) is 5.03 Å². The summed E-state index contributed by atoms with van der Waals surface area (Å²) in [4.78, 5) is 21.9. The fourth-order valence-electron chi connectivity index (χ4n) is 2.74. The predicted octanol–water partition coefficient (Wildman–Crippen LogP) is 5.01. The Morgan fingerprint density at radius 2 is 1.90 bits per heavy atom. The number of anilines is 1. The highest BCUT2D eigenvalue weighted by Gasteiger charge is 2.13. The normalized spacial score (nSPS) is 10.7. The minimum Gasteiger partial charge on any atom is -0.325 e. The first-order valence-corrected chi connectivity index (χ1v) is 11.1. The summed E-state index contributed by atoms with van der Waals surface area (Å²) in [7, 11) is 0. The Hall–Kier alpha value is -3.10. The van der Waals surface area contributed by atoms with E-state index >= 15 is 0 Å². The molecule has 0 spiro atoms. The number of hydrogen-bond donors (Lipinski definition) is 1. The van der Waals surface area contributed by atoms with Gasteiger partial charge < -0.3 is 5.32 Å². The van der Waals surface area contributed by atoms with E-state index in [0.717, 1.165) is 38.1 Å². The Kier molecular flexibility index (Phi) is 6.15. The van der Waals surface area contributed by atoms with E-state index in [2.05, 4.69) is 25.5 Å². The molecule has 0 saturated heterocycles. The third-order valence-corrected chi connectivity index (χ3v) is 6.41. The Balaban J connectivity index is 1.39. The third kappa shape index (κ3) is 4.90. The molecule has 0 bridgehead atoms. The number of nitrogens with zero attached hydrogens (tertiary/aromatic N) is 4. The molecule has 1 N–H and O–H groups in total. The number of thioether (sulfide) groups is 1. The van der Waals surface area contributed by atoms with Gasteiger partial charge in [-0.2, -0.15) is 0 Å². The summed E-state index contributed by atoms with van der Waals surface area (Å²) in [6.07, 6.45) is 3.54. The molecule has 0 fully saturated rings. The van der Waals surface area contributed by atoms with Crippen LogP contribution in [0.15, 0.2) is 66.0 Å². The van der Waals surface area contributed by atoms with Crippen molar-refractivity contribution >= 4 is 34.7 Å². The van der Waals surface area contributed by atoms with Crippen LogP contribution in [0.1, 0.15) is 11.3 Å². The van der Waals surface area contributed by atoms with Crippen molar-refractivity contribution in [2.45, 2.75) is 18.9 Å². The summed E-state index contributed by atoms with van der Waals surface area (Å²) < 4.78 is 0. The van der Waals surface area contributed by atoms with Crippen LogP contribution in [0.25, 0.3) is 21.1 Å². The summed E-state index contributed by atoms with van der Waals surface area (Å²) in [6, 6.07) is 15.4. The van der Waals surface area contributed by atoms with Crippen LogP contribution in [0.3, 0.4) is 0 Å². The van der Waals surface area contributed by atoms with Gasteiger partial charge in [-0.25, -0.2) is 4.98 Å². The minimum atomic E-state index is -0.0749. The van der Waals surface area contributed by atoms with Crippen LogP contribution in [0.5, 0.6) is 0 Å². The molecule has 0 aliphatic rings. The number of carbonyl (C=O) groups is 1. The maximum atomic E-state index is 12.1. The average Bonchev–Trinajstić information content (AvgIpc) is 3.16. The number of amides is 1. The first-order valence-electron chi connectivity index (χ1n) is 9.30. The highest BCUT2D eigenvalue weighted by molar-refractivity contribution is 7.99. The first kappa shape index (κ1) is 20.2. The summed E-state index contributed by atoms with van der Waals surface area (Å²) in [5.74, 6) is 0.196. The first-order chi connectivity index (χ1) is 14.6. The largest absolute Gasteiger partial charge is 0.325 e. The standard InChI is InChI=1S/C22H19N5OS2/c1-14-5-7-17(8-6-14)25-19(28)13-29-20-10-9-18(26-27-20)21-15(2)24-22(30-21)16-4-3-11-23-12-16/h3-12H,13H2,1-2H3,(H,25,28). The molecule has 3 heterocycles. The van der Waals surface area contributed by atoms with Crippen LogP contribution < -0.4 is 5.32 Å². The molecule has 0 atom stereocenters. The van der Waals surface area contributed by atoms with E-state index in [1.165, 1.54) is 11.8 Å². The molecule has 1 aromatic carbocycles. The van der Waals surface area contributed by atoms with Crippen LogP contribution >= 0.6 is 23.1 Å². The fraction of sp³-hybridized carbons (Fsp3) is 0.136. The zero-order chi connectivity index (χ0) is 20.9. The van der Waals surface area contributed by atoms with E-state index in [9.17, 15) is 4.79 Å². The van der Waals surface area contributed by atoms with Gasteiger partial charge in [-0.05, 0) is 50.2 Å². The molecule has 30 heavy (non-hydrogen) atoms. The zero-order valence-electron chi connectivity index (χ0n) is 16.5. The Labute approximate surface area is 182 Å². The highest BCUT2D eigenvalue weighted by atomic mass is 32.2. The molecule has 4 rings (SSSR count). The molecule has 4 aromatic rings. The van der Waals surface area contributed by atoms with Crippen molar-refractivity contribution in [3.8, 4) is 21.1 Å². The summed E-state index contributed by atoms with van der Waals surface area (Å²) in [5.41, 5.74) is 4.61. The van der Waals surface area contributed by atoms with Crippen molar-refractivity contribution in [2.24, 2.45) is 0 Å². The lowest BCUT2D eigenvalue weighted by molar-refractivity contribution is -0.113. The van der Waals surface area contributed by atoms with Crippen molar-refractivity contribution < 1.29 is 4.79 Å². The molecular formula is C22H19N5OS2. The summed E-state index contributed by atoms with van der Waals surface area (Å²) in [6.45, 7) is 3.97. The number of rotatable bonds is 6. The lowest BCUT2D eigenvalue weighted by Gasteiger charge is -2.05. The molecular weight excluding hydrogens is 414 g/mol. The van der Waals surface area contributed by atoms with Crippen molar-refractivity contribution in [3.05, 3.63) is 72.2 Å². The number of carbonyl (C=O) groups excluding carboxylic acids is 1. The molecule has 0 unspecified atom stereocenters. The van der Waals surface area contributed by atoms with E-state index in [1.54, 1.807) is 23.7 Å². The number of thiazole rings is 1. The van der Waals surface area contributed by atoms with Gasteiger partial charge in [0.15, 0.2) is 0 Å². The monoisotopic (exact) mass is 433 g/mol. The lowest BCUT2D eigenvalue weighted by Crippen LogP contribution is -2.14. The Bertz CT molecular complexity index is 1140. The lowest BCUT2D eigenvalue weighted by atomic mass is 10.2. The number of nitrogens with one attached hydrogen (secondary N) is 1. The average molecular weight is 434 g/mol. The molecule has 6 nitrogen and oxygen atoms in total. The van der Waals surface area contributed by atoms with Gasteiger partial charge in [-0.15, -0.1) is 21.5 Å². The second kappa shape index (κ2) is 9.15. The van der Waals surface area contributed by atoms with Crippen LogP contribution in [0.4, 0.5) is 5.69 Å². The van der Waals surface area contributed by atoms with Crippen molar-refractivity contribution in [3.63, 3.8) is 0 Å². The molecule has 150 valence electrons. The minimum absolute atomic E-state index is 0.0749. The SMILES string of the molecule is Cc1ccc(NC(=O)CSc2ccc(-c3sc(-c4cccnc4)nc3C)nn2)cc1. The number of aryl methyl sites for hydroxylation is 2. The smallest absolute Gasteiger partial charge is 0.234 e. The van der Waals surface area contributed by atoms with Crippen LogP contribution in [-0.4, -0.2) is 31.8 Å². The molecule has 1 amide bonds. The maximum Gasteiger partial charge on any atom is 0.234 e. The van der Waals surface area contributed by atoms with Crippen molar-refractivity contribution in [2.75, 3.05) is 11.1 Å². The highest BCUT2D eigenvalue weighted by Crippen LogP contribution is 2.34. The predicted molar refractivity (Wildman–Crippen MR) is 122 cm³/mol. The maximum absolute atomic E-state index is 12.1. The van der Waals surface area contributed by atoms with Gasteiger partial charge in [0.1, 0.15) is 15.7 Å². The van der Waals surface area contributed by atoms with Crippen LogP contribution in [-0.2, 0) is 4.79 Å². The zero-order valence-corrected chi connectivity index (χ0v) is 18.1. The Morgan fingerprint density at radius 1 is 1.07 bits per heavy atom.